The van der Waals surface area contributed by atoms with Crippen LogP contribution >= 0.6 is 24.0 Å². The molecule has 2 aromatic heterocycles. The van der Waals surface area contributed by atoms with E-state index >= 15 is 0 Å². The van der Waals surface area contributed by atoms with Crippen molar-refractivity contribution in [3.05, 3.63) is 54.0 Å². The van der Waals surface area contributed by atoms with E-state index in [4.69, 9.17) is 36.1 Å². The van der Waals surface area contributed by atoms with Gasteiger partial charge in [0.2, 0.25) is 5.16 Å². The standard InChI is InChI=1S/C20H18N6O4S2/c21-8-12-3-1-4-13(7-12)22-20(31)30-16-10-29-17-15(9-28-18(16)17)26-19(23-24-25-26)32-11-14-5-2-6-27-14/h1-7,15-18H,9-11H2,(H,22,31)/t15-,16+,17+,18+/m0/s1. The van der Waals surface area contributed by atoms with Gasteiger partial charge in [0.15, 0.2) is 6.10 Å². The number of ether oxygens (including phenoxy) is 3. The fourth-order valence-corrected chi connectivity index (χ4v) is 4.80. The van der Waals surface area contributed by atoms with E-state index in [1.54, 1.807) is 29.1 Å². The van der Waals surface area contributed by atoms with Crippen LogP contribution in [0.1, 0.15) is 17.4 Å². The van der Waals surface area contributed by atoms with Crippen molar-refractivity contribution in [3.63, 3.8) is 0 Å². The minimum absolute atomic E-state index is 0.170. The lowest BCUT2D eigenvalue weighted by Crippen LogP contribution is -2.35. The number of aromatic nitrogens is 4. The molecule has 1 aromatic carbocycles. The molecule has 12 heteroatoms. The van der Waals surface area contributed by atoms with Crippen molar-refractivity contribution in [1.29, 1.82) is 5.26 Å². The summed E-state index contributed by atoms with van der Waals surface area (Å²) in [5.41, 5.74) is 1.22. The molecule has 32 heavy (non-hydrogen) atoms. The molecule has 1 N–H and O–H groups in total. The number of tetrazole rings is 1. The molecule has 0 aliphatic carbocycles. The monoisotopic (exact) mass is 470 g/mol. The highest BCUT2D eigenvalue weighted by Gasteiger charge is 2.51. The summed E-state index contributed by atoms with van der Waals surface area (Å²) in [6, 6.07) is 12.7. The molecular formula is C20H18N6O4S2. The third-order valence-electron chi connectivity index (χ3n) is 5.18. The molecular weight excluding hydrogens is 452 g/mol. The van der Waals surface area contributed by atoms with Crippen LogP contribution in [0.2, 0.25) is 0 Å². The summed E-state index contributed by atoms with van der Waals surface area (Å²) in [7, 11) is 0. The maximum atomic E-state index is 9.04. The number of nitriles is 1. The SMILES string of the molecule is N#Cc1cccc(NC(=S)O[C@@H]2CO[C@H]3[C@@H]2OC[C@@H]3n2nnnc2SCc2ccco2)c1. The van der Waals surface area contributed by atoms with Crippen LogP contribution in [0, 0.1) is 11.3 Å². The van der Waals surface area contributed by atoms with Crippen molar-refractivity contribution < 1.29 is 18.6 Å². The first-order valence-electron chi connectivity index (χ1n) is 9.85. The van der Waals surface area contributed by atoms with Crippen LogP contribution in [-0.2, 0) is 20.0 Å². The van der Waals surface area contributed by atoms with Gasteiger partial charge in [-0.15, -0.1) is 5.10 Å². The van der Waals surface area contributed by atoms with Gasteiger partial charge in [-0.2, -0.15) is 5.26 Å². The Kier molecular flexibility index (Phi) is 6.04. The lowest BCUT2D eigenvalue weighted by Gasteiger charge is -2.19. The highest BCUT2D eigenvalue weighted by atomic mass is 32.2. The molecule has 2 fully saturated rings. The second-order valence-corrected chi connectivity index (χ2v) is 8.51. The maximum absolute atomic E-state index is 9.04. The molecule has 3 aromatic rings. The summed E-state index contributed by atoms with van der Waals surface area (Å²) in [5.74, 6) is 1.46. The predicted octanol–water partition coefficient (Wildman–Crippen LogP) is 2.55. The number of rotatable bonds is 6. The Balaban J connectivity index is 1.20. The molecule has 0 amide bonds. The largest absolute Gasteiger partial charge is 0.468 e. The third-order valence-corrected chi connectivity index (χ3v) is 6.33. The number of fused-ring (bicyclic) bond motifs is 1. The van der Waals surface area contributed by atoms with E-state index in [0.717, 1.165) is 5.76 Å². The summed E-state index contributed by atoms with van der Waals surface area (Å²) in [6.07, 6.45) is 0.730. The van der Waals surface area contributed by atoms with Crippen LogP contribution in [0.3, 0.4) is 0 Å². The van der Waals surface area contributed by atoms with E-state index in [-0.39, 0.29) is 29.5 Å². The molecule has 0 saturated carbocycles. The Morgan fingerprint density at radius 3 is 3.03 bits per heavy atom. The lowest BCUT2D eigenvalue weighted by molar-refractivity contribution is 0.0253. The number of furan rings is 1. The van der Waals surface area contributed by atoms with Gasteiger partial charge in [0.25, 0.3) is 5.17 Å². The predicted molar refractivity (Wildman–Crippen MR) is 117 cm³/mol. The van der Waals surface area contributed by atoms with Crippen LogP contribution in [0.25, 0.3) is 0 Å². The van der Waals surface area contributed by atoms with Gasteiger partial charge in [0.1, 0.15) is 24.0 Å². The zero-order valence-electron chi connectivity index (χ0n) is 16.7. The van der Waals surface area contributed by atoms with Crippen molar-refractivity contribution >= 4 is 34.8 Å². The first-order valence-corrected chi connectivity index (χ1v) is 11.2. The van der Waals surface area contributed by atoms with E-state index < -0.39 is 0 Å². The Bertz CT molecular complexity index is 1130. The average Bonchev–Trinajstić information content (AvgIpc) is 3.58. The van der Waals surface area contributed by atoms with Gasteiger partial charge in [-0.25, -0.2) is 4.68 Å². The van der Waals surface area contributed by atoms with Crippen LogP contribution < -0.4 is 5.32 Å². The zero-order chi connectivity index (χ0) is 21.9. The fraction of sp³-hybridized carbons (Fsp3) is 0.350. The zero-order valence-corrected chi connectivity index (χ0v) is 18.3. The third kappa shape index (κ3) is 4.33. The molecule has 164 valence electrons. The summed E-state index contributed by atoms with van der Waals surface area (Å²) < 4.78 is 25.0. The van der Waals surface area contributed by atoms with E-state index in [1.165, 1.54) is 11.8 Å². The molecule has 0 radical (unpaired) electrons. The molecule has 2 aliphatic heterocycles. The summed E-state index contributed by atoms with van der Waals surface area (Å²) in [5, 5.41) is 25.0. The van der Waals surface area contributed by atoms with Crippen LogP contribution in [0.5, 0.6) is 0 Å². The summed E-state index contributed by atoms with van der Waals surface area (Å²) in [6.45, 7) is 0.738. The number of thioether (sulfide) groups is 1. The molecule has 5 rings (SSSR count). The van der Waals surface area contributed by atoms with Gasteiger partial charge in [0.05, 0.1) is 36.9 Å². The quantitative estimate of drug-likeness (QED) is 0.423. The Hall–Kier alpha value is -2.98. The summed E-state index contributed by atoms with van der Waals surface area (Å²) in [4.78, 5) is 0. The molecule has 0 spiro atoms. The molecule has 0 unspecified atom stereocenters. The van der Waals surface area contributed by atoms with Crippen molar-refractivity contribution in [1.82, 2.24) is 20.2 Å². The molecule has 4 heterocycles. The Labute approximate surface area is 192 Å². The van der Waals surface area contributed by atoms with Gasteiger partial charge in [-0.05, 0) is 53.0 Å². The lowest BCUT2D eigenvalue weighted by atomic mass is 10.1. The topological polar surface area (TPSA) is 120 Å². The van der Waals surface area contributed by atoms with Gasteiger partial charge in [0, 0.05) is 5.69 Å². The number of nitrogens with zero attached hydrogens (tertiary/aromatic N) is 5. The van der Waals surface area contributed by atoms with Crippen molar-refractivity contribution in [2.45, 2.75) is 35.3 Å². The maximum Gasteiger partial charge on any atom is 0.261 e. The van der Waals surface area contributed by atoms with E-state index in [9.17, 15) is 0 Å². The second-order valence-electron chi connectivity index (χ2n) is 7.20. The number of nitrogens with one attached hydrogen (secondary N) is 1. The number of hydrogen-bond acceptors (Lipinski definition) is 10. The highest BCUT2D eigenvalue weighted by molar-refractivity contribution is 7.98. The first kappa shape index (κ1) is 20.9. The Morgan fingerprint density at radius 1 is 1.28 bits per heavy atom. The van der Waals surface area contributed by atoms with Crippen LogP contribution in [0.4, 0.5) is 5.69 Å². The molecule has 0 bridgehead atoms. The fourth-order valence-electron chi connectivity index (χ4n) is 3.73. The van der Waals surface area contributed by atoms with E-state index in [2.05, 4.69) is 26.9 Å². The Morgan fingerprint density at radius 2 is 2.19 bits per heavy atom. The van der Waals surface area contributed by atoms with Crippen molar-refractivity contribution in [3.8, 4) is 6.07 Å². The number of benzene rings is 1. The molecule has 4 atom stereocenters. The molecule has 2 saturated heterocycles. The van der Waals surface area contributed by atoms with E-state index in [0.29, 0.717) is 35.4 Å². The second kappa shape index (κ2) is 9.25. The van der Waals surface area contributed by atoms with E-state index in [1.807, 2.05) is 18.2 Å². The normalized spacial score (nSPS) is 24.1. The summed E-state index contributed by atoms with van der Waals surface area (Å²) >= 11 is 6.82. The number of hydrogen-bond donors (Lipinski definition) is 1. The number of thiocarbonyl (C=S) groups is 1. The van der Waals surface area contributed by atoms with Crippen LogP contribution in [0.15, 0.2) is 52.2 Å². The van der Waals surface area contributed by atoms with Gasteiger partial charge >= 0.3 is 0 Å². The van der Waals surface area contributed by atoms with Gasteiger partial charge in [-0.1, -0.05) is 17.8 Å². The van der Waals surface area contributed by atoms with Crippen LogP contribution in [-0.4, -0.2) is 56.9 Å². The van der Waals surface area contributed by atoms with Gasteiger partial charge < -0.3 is 23.9 Å². The first-order chi connectivity index (χ1) is 15.7. The average molecular weight is 471 g/mol. The van der Waals surface area contributed by atoms with Gasteiger partial charge in [-0.3, -0.25) is 0 Å². The molecule has 10 nitrogen and oxygen atoms in total. The van der Waals surface area contributed by atoms with Crippen molar-refractivity contribution in [2.24, 2.45) is 0 Å². The smallest absolute Gasteiger partial charge is 0.261 e. The van der Waals surface area contributed by atoms with Crippen molar-refractivity contribution in [2.75, 3.05) is 18.5 Å². The molecule has 2 aliphatic rings. The number of anilines is 1. The minimum Gasteiger partial charge on any atom is -0.468 e. The highest BCUT2D eigenvalue weighted by Crippen LogP contribution is 2.37. The minimum atomic E-state index is -0.361.